The van der Waals surface area contributed by atoms with Crippen LogP contribution in [0.15, 0.2) is 97.3 Å². The summed E-state index contributed by atoms with van der Waals surface area (Å²) in [5.41, 5.74) is 4.88. The summed E-state index contributed by atoms with van der Waals surface area (Å²) in [4.78, 5) is 21.1. The molecule has 0 aliphatic rings. The fourth-order valence-electron chi connectivity index (χ4n) is 4.41. The molecular formula is C32H26N4O4S. The van der Waals surface area contributed by atoms with Gasteiger partial charge in [0.25, 0.3) is 0 Å². The van der Waals surface area contributed by atoms with Gasteiger partial charge in [-0.15, -0.1) is 0 Å². The summed E-state index contributed by atoms with van der Waals surface area (Å²) in [6.45, 7) is 2.32. The van der Waals surface area contributed by atoms with Gasteiger partial charge in [-0.2, -0.15) is 0 Å². The molecule has 2 aromatic heterocycles. The average Bonchev–Trinajstić information content (AvgIpc) is 3.00. The number of carbonyl (C=O) groups is 1. The van der Waals surface area contributed by atoms with Crippen LogP contribution >= 0.6 is 0 Å². The molecule has 5 rings (SSSR count). The molecule has 0 radical (unpaired) electrons. The maximum atomic E-state index is 12.7. The van der Waals surface area contributed by atoms with Crippen LogP contribution in [0.4, 0.5) is 17.1 Å². The Hall–Kier alpha value is -5.20. The first-order chi connectivity index (χ1) is 20.0. The van der Waals surface area contributed by atoms with E-state index in [1.807, 2.05) is 61.5 Å². The Labute approximate surface area is 239 Å². The zero-order valence-electron chi connectivity index (χ0n) is 22.4. The largest absolute Gasteiger partial charge is 0.464 e. The second-order valence-electron chi connectivity index (χ2n) is 9.07. The van der Waals surface area contributed by atoms with Crippen molar-refractivity contribution < 1.29 is 17.9 Å². The number of methoxy groups -OCH3 is 1. The molecule has 0 saturated carbocycles. The summed E-state index contributed by atoms with van der Waals surface area (Å²) in [5, 5.41) is 4.07. The lowest BCUT2D eigenvalue weighted by atomic mass is 10.1. The number of ether oxygens (including phenoxy) is 1. The first-order valence-corrected chi connectivity index (χ1v) is 13.8. The number of hydrogen-bond donors (Lipinski definition) is 2. The quantitative estimate of drug-likeness (QED) is 0.156. The normalized spacial score (nSPS) is 10.6. The molecule has 0 unspecified atom stereocenters. The fraction of sp³-hybridized carbons (Fsp3) is 0.0938. The Morgan fingerprint density at radius 2 is 1.73 bits per heavy atom. The number of aromatic nitrogens is 2. The van der Waals surface area contributed by atoms with Gasteiger partial charge in [0.05, 0.1) is 29.7 Å². The van der Waals surface area contributed by atoms with Crippen molar-refractivity contribution in [1.29, 1.82) is 0 Å². The smallest absolute Gasteiger partial charge is 0.358 e. The Morgan fingerprint density at radius 1 is 0.951 bits per heavy atom. The Kier molecular flexibility index (Phi) is 8.23. The molecule has 9 heteroatoms. The number of para-hydroxylation sites is 1. The number of carbonyl (C=O) groups excluding carboxylic acids is 1. The van der Waals surface area contributed by atoms with Crippen LogP contribution in [-0.4, -0.2) is 31.5 Å². The predicted molar refractivity (Wildman–Crippen MR) is 161 cm³/mol. The number of thiol groups is 1. The molecule has 0 saturated heterocycles. The predicted octanol–water partition coefficient (Wildman–Crippen LogP) is 5.40. The first-order valence-electron chi connectivity index (χ1n) is 12.7. The van der Waals surface area contributed by atoms with E-state index >= 15 is 0 Å². The number of anilines is 3. The van der Waals surface area contributed by atoms with Crippen molar-refractivity contribution in [3.05, 3.63) is 125 Å². The van der Waals surface area contributed by atoms with E-state index in [4.69, 9.17) is 4.74 Å². The van der Waals surface area contributed by atoms with Crippen LogP contribution in [0.1, 0.15) is 32.7 Å². The minimum atomic E-state index is -3.08. The Bertz CT molecular complexity index is 1870. The molecule has 1 N–H and O–H groups in total. The van der Waals surface area contributed by atoms with Gasteiger partial charge in [0, 0.05) is 35.5 Å². The number of pyridine rings is 2. The Balaban J connectivity index is 1.55. The molecule has 2 heterocycles. The van der Waals surface area contributed by atoms with Crippen LogP contribution in [0.5, 0.6) is 0 Å². The lowest BCUT2D eigenvalue weighted by Gasteiger charge is -2.22. The highest BCUT2D eigenvalue weighted by atomic mass is 32.2. The van der Waals surface area contributed by atoms with Crippen LogP contribution in [0.2, 0.25) is 0 Å². The van der Waals surface area contributed by atoms with Gasteiger partial charge in [-0.3, -0.25) is 4.98 Å². The molecule has 3 aromatic carbocycles. The molecule has 41 heavy (non-hydrogen) atoms. The van der Waals surface area contributed by atoms with Gasteiger partial charge >= 0.3 is 5.97 Å². The van der Waals surface area contributed by atoms with E-state index in [0.29, 0.717) is 40.3 Å². The zero-order chi connectivity index (χ0) is 28.8. The van der Waals surface area contributed by atoms with Gasteiger partial charge in [-0.05, 0) is 42.3 Å². The van der Waals surface area contributed by atoms with Crippen LogP contribution < -0.4 is 9.62 Å². The number of rotatable bonds is 7. The third-order valence-electron chi connectivity index (χ3n) is 6.39. The molecule has 0 spiro atoms. The van der Waals surface area contributed by atoms with E-state index in [9.17, 15) is 13.2 Å². The van der Waals surface area contributed by atoms with E-state index in [2.05, 4.69) is 27.1 Å². The van der Waals surface area contributed by atoms with Crippen molar-refractivity contribution in [3.8, 4) is 11.8 Å². The SMILES string of the molecule is COC(=O)c1ncc(C#Cc2ccccc2N(c2c(C)ccc3cccnc23)[SH](=O)=O)cc1NCc1ccccc1. The van der Waals surface area contributed by atoms with Crippen LogP contribution in [-0.2, 0) is 22.2 Å². The number of fused-ring (bicyclic) bond motifs is 1. The number of nitrogens with one attached hydrogen (secondary N) is 1. The molecule has 0 fully saturated rings. The molecule has 5 aromatic rings. The molecule has 0 amide bonds. The van der Waals surface area contributed by atoms with E-state index in [-0.39, 0.29) is 5.69 Å². The third kappa shape index (κ3) is 6.03. The highest BCUT2D eigenvalue weighted by Gasteiger charge is 2.20. The van der Waals surface area contributed by atoms with Gasteiger partial charge in [-0.1, -0.05) is 72.5 Å². The van der Waals surface area contributed by atoms with Crippen molar-refractivity contribution >= 4 is 44.8 Å². The lowest BCUT2D eigenvalue weighted by Crippen LogP contribution is -2.17. The summed E-state index contributed by atoms with van der Waals surface area (Å²) < 4.78 is 31.6. The van der Waals surface area contributed by atoms with Crippen LogP contribution in [0, 0.1) is 18.8 Å². The standard InChI is InChI=1S/C32H26N4O4S/c1-22-14-16-26-12-8-18-33-29(26)31(22)36(41(38)39)28-13-7-6-11-25(28)17-15-24-19-27(30(35-21-24)32(37)40-2)34-20-23-9-4-3-5-10-23/h3-14,16,18-19,21,34,41H,20H2,1-2H3. The zero-order valence-corrected chi connectivity index (χ0v) is 23.3. The lowest BCUT2D eigenvalue weighted by molar-refractivity contribution is 0.0595. The van der Waals surface area contributed by atoms with E-state index in [0.717, 1.165) is 16.5 Å². The molecule has 0 aliphatic heterocycles. The second kappa shape index (κ2) is 12.3. The van der Waals surface area contributed by atoms with Crippen LogP contribution in [0.3, 0.4) is 0 Å². The number of nitrogens with zero attached hydrogens (tertiary/aromatic N) is 3. The summed E-state index contributed by atoms with van der Waals surface area (Å²) in [6, 6.07) is 26.0. The molecule has 0 aliphatic carbocycles. The molecule has 204 valence electrons. The number of benzene rings is 3. The van der Waals surface area contributed by atoms with Gasteiger partial charge < -0.3 is 10.1 Å². The number of aryl methyl sites for hydroxylation is 1. The van der Waals surface area contributed by atoms with E-state index < -0.39 is 16.9 Å². The number of hydrogen-bond acceptors (Lipinski definition) is 7. The first kappa shape index (κ1) is 27.4. The Morgan fingerprint density at radius 3 is 2.51 bits per heavy atom. The monoisotopic (exact) mass is 562 g/mol. The van der Waals surface area contributed by atoms with Crippen LogP contribution in [0.25, 0.3) is 10.9 Å². The minimum Gasteiger partial charge on any atom is -0.464 e. The summed E-state index contributed by atoms with van der Waals surface area (Å²) in [5.74, 6) is 5.61. The fourth-order valence-corrected chi connectivity index (χ4v) is 5.18. The van der Waals surface area contributed by atoms with Crippen molar-refractivity contribution in [2.75, 3.05) is 16.7 Å². The summed E-state index contributed by atoms with van der Waals surface area (Å²) in [6.07, 6.45) is 3.13. The average molecular weight is 563 g/mol. The van der Waals surface area contributed by atoms with Gasteiger partial charge in [0.1, 0.15) is 0 Å². The maximum absolute atomic E-state index is 12.7. The highest BCUT2D eigenvalue weighted by molar-refractivity contribution is 7.74. The molecule has 0 bridgehead atoms. The highest BCUT2D eigenvalue weighted by Crippen LogP contribution is 2.36. The molecule has 8 nitrogen and oxygen atoms in total. The van der Waals surface area contributed by atoms with Gasteiger partial charge in [0.2, 0.25) is 10.9 Å². The maximum Gasteiger partial charge on any atom is 0.358 e. The van der Waals surface area contributed by atoms with Crippen molar-refractivity contribution in [2.45, 2.75) is 13.5 Å². The van der Waals surface area contributed by atoms with Crippen molar-refractivity contribution in [2.24, 2.45) is 0 Å². The third-order valence-corrected chi connectivity index (χ3v) is 7.13. The molecular weight excluding hydrogens is 536 g/mol. The minimum absolute atomic E-state index is 0.142. The summed E-state index contributed by atoms with van der Waals surface area (Å²) >= 11 is 0. The van der Waals surface area contributed by atoms with E-state index in [1.54, 1.807) is 36.5 Å². The van der Waals surface area contributed by atoms with Crippen molar-refractivity contribution in [1.82, 2.24) is 9.97 Å². The second-order valence-corrected chi connectivity index (χ2v) is 9.95. The van der Waals surface area contributed by atoms with Gasteiger partial charge in [-0.25, -0.2) is 22.5 Å². The van der Waals surface area contributed by atoms with Crippen molar-refractivity contribution in [3.63, 3.8) is 0 Å². The van der Waals surface area contributed by atoms with Gasteiger partial charge in [0.15, 0.2) is 5.69 Å². The molecule has 0 atom stereocenters. The summed E-state index contributed by atoms with van der Waals surface area (Å²) in [7, 11) is -1.78. The van der Waals surface area contributed by atoms with E-state index in [1.165, 1.54) is 17.6 Å². The topological polar surface area (TPSA) is 101 Å². The number of esters is 1.